The molecule has 2 heterocycles. The van der Waals surface area contributed by atoms with Crippen molar-refractivity contribution in [1.82, 2.24) is 9.21 Å². The van der Waals surface area contributed by atoms with Crippen LogP contribution < -0.4 is 10.1 Å². The van der Waals surface area contributed by atoms with Gasteiger partial charge in [0.2, 0.25) is 21.8 Å². The molecule has 0 unspecified atom stereocenters. The van der Waals surface area contributed by atoms with Gasteiger partial charge in [0.1, 0.15) is 10.6 Å². The zero-order valence-electron chi connectivity index (χ0n) is 20.3. The maximum absolute atomic E-state index is 13.3. The number of piperidine rings is 1. The number of benzene rings is 2. The molecule has 0 spiro atoms. The first kappa shape index (κ1) is 25.2. The monoisotopic (exact) mass is 499 g/mol. The van der Waals surface area contributed by atoms with Crippen molar-refractivity contribution < 1.29 is 22.7 Å². The number of ether oxygens (including phenoxy) is 1. The molecule has 188 valence electrons. The summed E-state index contributed by atoms with van der Waals surface area (Å²) in [5.41, 5.74) is 2.36. The zero-order valence-corrected chi connectivity index (χ0v) is 21.1. The fraction of sp³-hybridized carbons (Fsp3) is 0.462. The van der Waals surface area contributed by atoms with Crippen LogP contribution in [0.25, 0.3) is 0 Å². The molecule has 0 bridgehead atoms. The Labute approximate surface area is 207 Å². The minimum absolute atomic E-state index is 0.119. The van der Waals surface area contributed by atoms with Crippen LogP contribution in [0, 0.1) is 12.8 Å². The number of hydrogen-bond donors (Lipinski definition) is 1. The van der Waals surface area contributed by atoms with Crippen molar-refractivity contribution in [1.29, 1.82) is 0 Å². The van der Waals surface area contributed by atoms with E-state index in [0.29, 0.717) is 37.2 Å². The van der Waals surface area contributed by atoms with Gasteiger partial charge in [0.15, 0.2) is 0 Å². The molecule has 1 atom stereocenters. The molecular weight excluding hydrogens is 466 g/mol. The van der Waals surface area contributed by atoms with Gasteiger partial charge in [0, 0.05) is 31.9 Å². The third kappa shape index (κ3) is 5.85. The molecular formula is C26H33N3O5S. The average molecular weight is 500 g/mol. The summed E-state index contributed by atoms with van der Waals surface area (Å²) in [6, 6.07) is 12.3. The molecule has 8 nitrogen and oxygen atoms in total. The summed E-state index contributed by atoms with van der Waals surface area (Å²) < 4.78 is 33.4. The number of aryl methyl sites for hydroxylation is 1. The summed E-state index contributed by atoms with van der Waals surface area (Å²) in [7, 11) is -2.35. The van der Waals surface area contributed by atoms with E-state index in [1.807, 2.05) is 24.0 Å². The molecule has 4 rings (SSSR count). The highest BCUT2D eigenvalue weighted by atomic mass is 32.2. The number of carbonyl (C=O) groups is 2. The highest BCUT2D eigenvalue weighted by Crippen LogP contribution is 2.31. The van der Waals surface area contributed by atoms with Gasteiger partial charge < -0.3 is 15.0 Å². The second kappa shape index (κ2) is 10.8. The molecule has 2 fully saturated rings. The van der Waals surface area contributed by atoms with Crippen LogP contribution in [0.3, 0.4) is 0 Å². The molecule has 0 aromatic heterocycles. The van der Waals surface area contributed by atoms with Gasteiger partial charge in [-0.2, -0.15) is 4.31 Å². The van der Waals surface area contributed by atoms with Crippen molar-refractivity contribution >= 4 is 27.5 Å². The highest BCUT2D eigenvalue weighted by molar-refractivity contribution is 7.89. The fourth-order valence-electron chi connectivity index (χ4n) is 4.70. The molecule has 2 aliphatic rings. The van der Waals surface area contributed by atoms with Crippen LogP contribution in [-0.2, 0) is 26.0 Å². The van der Waals surface area contributed by atoms with Crippen molar-refractivity contribution in [2.45, 2.75) is 43.9 Å². The van der Waals surface area contributed by atoms with Crippen molar-refractivity contribution in [3.63, 3.8) is 0 Å². The second-order valence-electron chi connectivity index (χ2n) is 9.31. The van der Waals surface area contributed by atoms with Crippen LogP contribution in [0.15, 0.2) is 47.4 Å². The third-order valence-corrected chi connectivity index (χ3v) is 8.61. The standard InChI is InChI=1S/C26H33N3O5S/c1-19-7-12-23(34-2)24(16-19)35(32,33)29-15-5-6-21(18-29)26(31)27-22-10-8-20(9-11-22)17-25(30)28-13-3-4-14-28/h7-12,16,21H,3-6,13-15,17-18H2,1-2H3,(H,27,31)/t21-/m1/s1. The molecule has 0 saturated carbocycles. The quantitative estimate of drug-likeness (QED) is 0.631. The van der Waals surface area contributed by atoms with E-state index in [1.54, 1.807) is 30.3 Å². The van der Waals surface area contributed by atoms with Crippen LogP contribution in [0.2, 0.25) is 0 Å². The Morgan fingerprint density at radius 2 is 1.74 bits per heavy atom. The lowest BCUT2D eigenvalue weighted by atomic mass is 9.98. The number of amides is 2. The molecule has 0 radical (unpaired) electrons. The number of hydrogen-bond acceptors (Lipinski definition) is 5. The highest BCUT2D eigenvalue weighted by Gasteiger charge is 2.35. The van der Waals surface area contributed by atoms with E-state index < -0.39 is 15.9 Å². The Morgan fingerprint density at radius 1 is 1.03 bits per heavy atom. The summed E-state index contributed by atoms with van der Waals surface area (Å²) in [5, 5.41) is 2.91. The lowest BCUT2D eigenvalue weighted by Crippen LogP contribution is -2.43. The first-order chi connectivity index (χ1) is 16.8. The van der Waals surface area contributed by atoms with E-state index in [4.69, 9.17) is 4.74 Å². The lowest BCUT2D eigenvalue weighted by molar-refractivity contribution is -0.129. The molecule has 2 aromatic rings. The topological polar surface area (TPSA) is 96.0 Å². The summed E-state index contributed by atoms with van der Waals surface area (Å²) in [5.74, 6) is -0.230. The zero-order chi connectivity index (χ0) is 25.0. The molecule has 1 N–H and O–H groups in total. The predicted octanol–water partition coefficient (Wildman–Crippen LogP) is 3.21. The first-order valence-electron chi connectivity index (χ1n) is 12.1. The smallest absolute Gasteiger partial charge is 0.246 e. The SMILES string of the molecule is COc1ccc(C)cc1S(=O)(=O)N1CCC[C@@H](C(=O)Nc2ccc(CC(=O)N3CCCC3)cc2)C1. The van der Waals surface area contributed by atoms with E-state index >= 15 is 0 Å². The number of sulfonamides is 1. The van der Waals surface area contributed by atoms with Crippen molar-refractivity contribution in [3.05, 3.63) is 53.6 Å². The number of nitrogens with one attached hydrogen (secondary N) is 1. The molecule has 9 heteroatoms. The predicted molar refractivity (Wildman–Crippen MR) is 134 cm³/mol. The normalized spacial score (nSPS) is 18.9. The van der Waals surface area contributed by atoms with Gasteiger partial charge in [0.05, 0.1) is 19.4 Å². The molecule has 0 aliphatic carbocycles. The Balaban J connectivity index is 1.38. The maximum atomic E-state index is 13.3. The van der Waals surface area contributed by atoms with Crippen molar-refractivity contribution in [2.75, 3.05) is 38.6 Å². The van der Waals surface area contributed by atoms with E-state index in [1.165, 1.54) is 11.4 Å². The van der Waals surface area contributed by atoms with Gasteiger partial charge in [0.25, 0.3) is 0 Å². The van der Waals surface area contributed by atoms with E-state index in [0.717, 1.165) is 37.1 Å². The van der Waals surface area contributed by atoms with Gasteiger partial charge >= 0.3 is 0 Å². The van der Waals surface area contributed by atoms with Crippen LogP contribution in [0.1, 0.15) is 36.8 Å². The summed E-state index contributed by atoms with van der Waals surface area (Å²) >= 11 is 0. The maximum Gasteiger partial charge on any atom is 0.246 e. The minimum Gasteiger partial charge on any atom is -0.495 e. The van der Waals surface area contributed by atoms with Gasteiger partial charge in [-0.25, -0.2) is 8.42 Å². The fourth-order valence-corrected chi connectivity index (χ4v) is 6.47. The van der Waals surface area contributed by atoms with Crippen LogP contribution in [-0.4, -0.2) is 62.7 Å². The molecule has 2 aliphatic heterocycles. The Kier molecular flexibility index (Phi) is 7.76. The van der Waals surface area contributed by atoms with Crippen molar-refractivity contribution in [2.24, 2.45) is 5.92 Å². The van der Waals surface area contributed by atoms with E-state index in [-0.39, 0.29) is 23.3 Å². The summed E-state index contributed by atoms with van der Waals surface area (Å²) in [4.78, 5) is 27.3. The van der Waals surface area contributed by atoms with Crippen LogP contribution in [0.4, 0.5) is 5.69 Å². The first-order valence-corrected chi connectivity index (χ1v) is 13.5. The van der Waals surface area contributed by atoms with Gasteiger partial charge in [-0.1, -0.05) is 18.2 Å². The Morgan fingerprint density at radius 3 is 2.43 bits per heavy atom. The van der Waals surface area contributed by atoms with Gasteiger partial charge in [-0.05, 0) is 68.0 Å². The molecule has 2 amide bonds. The second-order valence-corrected chi connectivity index (χ2v) is 11.2. The minimum atomic E-state index is -3.80. The number of carbonyl (C=O) groups excluding carboxylic acids is 2. The average Bonchev–Trinajstić information content (AvgIpc) is 3.40. The number of methoxy groups -OCH3 is 1. The largest absolute Gasteiger partial charge is 0.495 e. The third-order valence-electron chi connectivity index (χ3n) is 6.73. The molecule has 2 saturated heterocycles. The molecule has 35 heavy (non-hydrogen) atoms. The Hall–Kier alpha value is -2.91. The lowest BCUT2D eigenvalue weighted by Gasteiger charge is -2.31. The molecule has 2 aromatic carbocycles. The number of likely N-dealkylation sites (tertiary alicyclic amines) is 1. The Bertz CT molecular complexity index is 1170. The number of rotatable bonds is 7. The summed E-state index contributed by atoms with van der Waals surface area (Å²) in [6.45, 7) is 3.98. The van der Waals surface area contributed by atoms with Crippen LogP contribution >= 0.6 is 0 Å². The van der Waals surface area contributed by atoms with E-state index in [2.05, 4.69) is 5.32 Å². The van der Waals surface area contributed by atoms with Gasteiger partial charge in [-0.15, -0.1) is 0 Å². The van der Waals surface area contributed by atoms with Gasteiger partial charge in [-0.3, -0.25) is 9.59 Å². The number of anilines is 1. The van der Waals surface area contributed by atoms with Crippen molar-refractivity contribution in [3.8, 4) is 5.75 Å². The van der Waals surface area contributed by atoms with Crippen LogP contribution in [0.5, 0.6) is 5.75 Å². The number of nitrogens with zero attached hydrogens (tertiary/aromatic N) is 2. The summed E-state index contributed by atoms with van der Waals surface area (Å²) in [6.07, 6.45) is 3.70. The van der Waals surface area contributed by atoms with E-state index in [9.17, 15) is 18.0 Å².